The minimum Gasteiger partial charge on any atom is -0.349 e. The van der Waals surface area contributed by atoms with Crippen molar-refractivity contribution in [1.82, 2.24) is 25.1 Å². The highest BCUT2D eigenvalue weighted by molar-refractivity contribution is 7.99. The van der Waals surface area contributed by atoms with Gasteiger partial charge in [0, 0.05) is 28.7 Å². The predicted octanol–water partition coefficient (Wildman–Crippen LogP) is 4.95. The van der Waals surface area contributed by atoms with Crippen LogP contribution in [-0.4, -0.2) is 31.4 Å². The van der Waals surface area contributed by atoms with Gasteiger partial charge in [-0.3, -0.25) is 14.3 Å². The first-order valence-corrected chi connectivity index (χ1v) is 11.1. The summed E-state index contributed by atoms with van der Waals surface area (Å²) in [4.78, 5) is 16.8. The SMILES string of the molecule is CC(NC(=O)CSc1nnc(-c2cccnc2)n1-c1ccccc1)c1ccccc1Cl. The third kappa shape index (κ3) is 4.95. The van der Waals surface area contributed by atoms with Crippen LogP contribution in [-0.2, 0) is 4.79 Å². The van der Waals surface area contributed by atoms with Crippen molar-refractivity contribution < 1.29 is 4.79 Å². The average Bonchev–Trinajstić information content (AvgIpc) is 3.23. The lowest BCUT2D eigenvalue weighted by Gasteiger charge is -2.15. The minimum atomic E-state index is -0.195. The van der Waals surface area contributed by atoms with Gasteiger partial charge in [-0.2, -0.15) is 0 Å². The molecule has 2 heterocycles. The second-order valence-corrected chi connectivity index (χ2v) is 8.17. The van der Waals surface area contributed by atoms with Crippen LogP contribution in [0.2, 0.25) is 5.02 Å². The number of rotatable bonds is 7. The van der Waals surface area contributed by atoms with Crippen LogP contribution in [0.15, 0.2) is 84.3 Å². The van der Waals surface area contributed by atoms with Gasteiger partial charge in [-0.1, -0.05) is 59.8 Å². The number of hydrogen-bond acceptors (Lipinski definition) is 5. The summed E-state index contributed by atoms with van der Waals surface area (Å²) in [6.07, 6.45) is 3.46. The summed E-state index contributed by atoms with van der Waals surface area (Å²) in [6.45, 7) is 1.91. The zero-order chi connectivity index (χ0) is 21.6. The molecule has 2 aromatic carbocycles. The summed E-state index contributed by atoms with van der Waals surface area (Å²) in [6, 6.07) is 20.9. The number of para-hydroxylation sites is 1. The van der Waals surface area contributed by atoms with Crippen LogP contribution >= 0.6 is 23.4 Å². The lowest BCUT2D eigenvalue weighted by Crippen LogP contribution is -2.28. The van der Waals surface area contributed by atoms with Crippen molar-refractivity contribution in [3.63, 3.8) is 0 Å². The van der Waals surface area contributed by atoms with E-state index in [0.717, 1.165) is 16.8 Å². The van der Waals surface area contributed by atoms with Crippen LogP contribution in [0.5, 0.6) is 0 Å². The molecule has 0 radical (unpaired) electrons. The largest absolute Gasteiger partial charge is 0.349 e. The summed E-state index contributed by atoms with van der Waals surface area (Å²) in [5.74, 6) is 0.766. The Labute approximate surface area is 189 Å². The molecule has 31 heavy (non-hydrogen) atoms. The first-order chi connectivity index (χ1) is 15.1. The van der Waals surface area contributed by atoms with E-state index in [0.29, 0.717) is 16.0 Å². The number of nitrogens with one attached hydrogen (secondary N) is 1. The fourth-order valence-corrected chi connectivity index (χ4v) is 4.23. The fourth-order valence-electron chi connectivity index (χ4n) is 3.17. The maximum atomic E-state index is 12.6. The molecule has 1 atom stereocenters. The van der Waals surface area contributed by atoms with Gasteiger partial charge in [0.25, 0.3) is 0 Å². The predicted molar refractivity (Wildman–Crippen MR) is 123 cm³/mol. The summed E-state index contributed by atoms with van der Waals surface area (Å²) in [7, 11) is 0. The van der Waals surface area contributed by atoms with Crippen LogP contribution in [0.1, 0.15) is 18.5 Å². The quantitative estimate of drug-likeness (QED) is 0.404. The van der Waals surface area contributed by atoms with Crippen molar-refractivity contribution in [1.29, 1.82) is 0 Å². The molecule has 2 aromatic heterocycles. The van der Waals surface area contributed by atoms with Gasteiger partial charge in [0.1, 0.15) is 0 Å². The Morgan fingerprint density at radius 1 is 1.06 bits per heavy atom. The van der Waals surface area contributed by atoms with Crippen molar-refractivity contribution in [3.05, 3.63) is 89.7 Å². The molecule has 0 aliphatic rings. The van der Waals surface area contributed by atoms with Gasteiger partial charge < -0.3 is 5.32 Å². The Kier molecular flexibility index (Phi) is 6.64. The molecule has 156 valence electrons. The Bertz CT molecular complexity index is 1170. The molecular weight excluding hydrogens is 430 g/mol. The van der Waals surface area contributed by atoms with E-state index < -0.39 is 0 Å². The fraction of sp³-hybridized carbons (Fsp3) is 0.130. The Balaban J connectivity index is 1.53. The van der Waals surface area contributed by atoms with E-state index in [2.05, 4.69) is 20.5 Å². The Morgan fingerprint density at radius 3 is 2.58 bits per heavy atom. The Hall–Kier alpha value is -3.16. The highest BCUT2D eigenvalue weighted by Crippen LogP contribution is 2.28. The van der Waals surface area contributed by atoms with Gasteiger partial charge in [0.05, 0.1) is 11.8 Å². The third-order valence-electron chi connectivity index (χ3n) is 4.65. The molecule has 0 spiro atoms. The molecule has 0 aliphatic carbocycles. The number of carbonyl (C=O) groups is 1. The zero-order valence-corrected chi connectivity index (χ0v) is 18.3. The van der Waals surface area contributed by atoms with E-state index in [1.54, 1.807) is 12.4 Å². The summed E-state index contributed by atoms with van der Waals surface area (Å²) < 4.78 is 1.94. The minimum absolute atomic E-state index is 0.108. The van der Waals surface area contributed by atoms with Crippen LogP contribution in [0.4, 0.5) is 0 Å². The zero-order valence-electron chi connectivity index (χ0n) is 16.8. The molecule has 1 amide bonds. The molecule has 0 fully saturated rings. The lowest BCUT2D eigenvalue weighted by atomic mass is 10.1. The summed E-state index contributed by atoms with van der Waals surface area (Å²) >= 11 is 7.57. The number of halogens is 1. The van der Waals surface area contributed by atoms with Crippen molar-refractivity contribution >= 4 is 29.3 Å². The Morgan fingerprint density at radius 2 is 1.84 bits per heavy atom. The van der Waals surface area contributed by atoms with Gasteiger partial charge in [-0.25, -0.2) is 0 Å². The van der Waals surface area contributed by atoms with Gasteiger partial charge in [0.15, 0.2) is 11.0 Å². The number of thioether (sulfide) groups is 1. The van der Waals surface area contributed by atoms with E-state index in [4.69, 9.17) is 11.6 Å². The average molecular weight is 450 g/mol. The topological polar surface area (TPSA) is 72.7 Å². The smallest absolute Gasteiger partial charge is 0.230 e. The lowest BCUT2D eigenvalue weighted by molar-refractivity contribution is -0.119. The highest BCUT2D eigenvalue weighted by Gasteiger charge is 2.18. The van der Waals surface area contributed by atoms with E-state index in [1.807, 2.05) is 78.2 Å². The normalized spacial score (nSPS) is 11.8. The molecule has 1 N–H and O–H groups in total. The van der Waals surface area contributed by atoms with Crippen LogP contribution in [0, 0.1) is 0 Å². The van der Waals surface area contributed by atoms with E-state index >= 15 is 0 Å². The van der Waals surface area contributed by atoms with Gasteiger partial charge in [-0.15, -0.1) is 10.2 Å². The van der Waals surface area contributed by atoms with Crippen molar-refractivity contribution in [2.24, 2.45) is 0 Å². The molecular formula is C23H20ClN5OS. The number of nitrogens with zero attached hydrogens (tertiary/aromatic N) is 4. The van der Waals surface area contributed by atoms with Crippen molar-refractivity contribution in [3.8, 4) is 17.1 Å². The molecule has 6 nitrogen and oxygen atoms in total. The highest BCUT2D eigenvalue weighted by atomic mass is 35.5. The number of carbonyl (C=O) groups excluding carboxylic acids is 1. The number of hydrogen-bond donors (Lipinski definition) is 1. The van der Waals surface area contributed by atoms with Crippen LogP contribution < -0.4 is 5.32 Å². The molecule has 0 aliphatic heterocycles. The standard InChI is InChI=1S/C23H20ClN5OS/c1-16(19-11-5-6-12-20(19)24)26-21(30)15-31-23-28-27-22(17-8-7-13-25-14-17)29(23)18-9-3-2-4-10-18/h2-14,16H,15H2,1H3,(H,26,30). The number of pyridine rings is 1. The van der Waals surface area contributed by atoms with Crippen molar-refractivity contribution in [2.45, 2.75) is 18.1 Å². The monoisotopic (exact) mass is 449 g/mol. The van der Waals surface area contributed by atoms with Crippen molar-refractivity contribution in [2.75, 3.05) is 5.75 Å². The number of aromatic nitrogens is 4. The molecule has 4 rings (SSSR count). The van der Waals surface area contributed by atoms with Crippen LogP contribution in [0.3, 0.4) is 0 Å². The van der Waals surface area contributed by atoms with E-state index in [9.17, 15) is 4.79 Å². The maximum Gasteiger partial charge on any atom is 0.230 e. The van der Waals surface area contributed by atoms with Gasteiger partial charge >= 0.3 is 0 Å². The first kappa shape index (κ1) is 21.1. The molecule has 0 bridgehead atoms. The van der Waals surface area contributed by atoms with Gasteiger partial charge in [-0.05, 0) is 42.8 Å². The van der Waals surface area contributed by atoms with E-state index in [-0.39, 0.29) is 17.7 Å². The second-order valence-electron chi connectivity index (χ2n) is 6.82. The van der Waals surface area contributed by atoms with E-state index in [1.165, 1.54) is 11.8 Å². The molecule has 1 unspecified atom stereocenters. The molecule has 0 saturated heterocycles. The first-order valence-electron chi connectivity index (χ1n) is 9.71. The number of benzene rings is 2. The number of amides is 1. The summed E-state index contributed by atoms with van der Waals surface area (Å²) in [5.41, 5.74) is 2.65. The van der Waals surface area contributed by atoms with Gasteiger partial charge in [0.2, 0.25) is 5.91 Å². The maximum absolute atomic E-state index is 12.6. The summed E-state index contributed by atoms with van der Waals surface area (Å²) in [5, 5.41) is 13.0. The molecule has 8 heteroatoms. The molecule has 0 saturated carbocycles. The molecule has 4 aromatic rings. The van der Waals surface area contributed by atoms with Crippen LogP contribution in [0.25, 0.3) is 17.1 Å². The second kappa shape index (κ2) is 9.76. The third-order valence-corrected chi connectivity index (χ3v) is 5.92.